The maximum Gasteiger partial charge on any atom is 0.339 e. The minimum absolute atomic E-state index is 0.169. The molecule has 6 nitrogen and oxygen atoms in total. The van der Waals surface area contributed by atoms with Gasteiger partial charge in [-0.3, -0.25) is 9.59 Å². The number of ketones is 1. The molecule has 2 rings (SSSR count). The number of hydrogen-bond acceptors (Lipinski definition) is 6. The molecule has 154 valence electrons. The third-order valence-electron chi connectivity index (χ3n) is 3.97. The molecular weight excluding hydrogens is 412 g/mol. The van der Waals surface area contributed by atoms with Crippen molar-refractivity contribution in [3.63, 3.8) is 0 Å². The molecule has 1 amide bonds. The Bertz CT molecular complexity index is 912. The number of carbonyl (C=O) groups is 3. The fourth-order valence-electron chi connectivity index (χ4n) is 2.12. The zero-order valence-corrected chi connectivity index (χ0v) is 18.3. The van der Waals surface area contributed by atoms with E-state index in [4.69, 9.17) is 16.3 Å². The van der Waals surface area contributed by atoms with Gasteiger partial charge in [-0.05, 0) is 31.2 Å². The molecule has 0 spiro atoms. The highest BCUT2D eigenvalue weighted by Gasteiger charge is 2.24. The molecule has 0 bridgehead atoms. The van der Waals surface area contributed by atoms with Crippen molar-refractivity contribution in [3.05, 3.63) is 53.3 Å². The molecule has 29 heavy (non-hydrogen) atoms. The van der Waals surface area contributed by atoms with Crippen LogP contribution in [0.25, 0.3) is 0 Å². The van der Waals surface area contributed by atoms with Crippen LogP contribution in [0.15, 0.2) is 47.5 Å². The van der Waals surface area contributed by atoms with Gasteiger partial charge in [-0.1, -0.05) is 44.5 Å². The number of hydrogen-bond donors (Lipinski definition) is 1. The molecule has 1 N–H and O–H groups in total. The largest absolute Gasteiger partial charge is 0.454 e. The number of esters is 1. The molecule has 0 saturated heterocycles. The summed E-state index contributed by atoms with van der Waals surface area (Å²) in [5.41, 5.74) is 0.132. The number of aromatic nitrogens is 1. The van der Waals surface area contributed by atoms with E-state index in [1.165, 1.54) is 18.0 Å². The maximum absolute atomic E-state index is 12.5. The van der Waals surface area contributed by atoms with Gasteiger partial charge in [0.05, 0.1) is 16.5 Å². The smallest absolute Gasteiger partial charge is 0.339 e. The van der Waals surface area contributed by atoms with E-state index < -0.39 is 16.6 Å². The van der Waals surface area contributed by atoms with Gasteiger partial charge in [0, 0.05) is 16.5 Å². The van der Waals surface area contributed by atoms with Crippen LogP contribution in [0.3, 0.4) is 0 Å². The van der Waals surface area contributed by atoms with E-state index in [1.54, 1.807) is 64.1 Å². The molecule has 2 aromatic rings. The summed E-state index contributed by atoms with van der Waals surface area (Å²) in [6.45, 7) is 6.72. The van der Waals surface area contributed by atoms with Crippen LogP contribution >= 0.6 is 23.4 Å². The minimum atomic E-state index is -0.603. The number of anilines is 1. The molecule has 1 heterocycles. The Morgan fingerprint density at radius 3 is 2.52 bits per heavy atom. The van der Waals surface area contributed by atoms with E-state index >= 15 is 0 Å². The van der Waals surface area contributed by atoms with Crippen molar-refractivity contribution in [2.75, 3.05) is 11.9 Å². The second-order valence-corrected chi connectivity index (χ2v) is 9.08. The summed E-state index contributed by atoms with van der Waals surface area (Å²) < 4.78 is 5.18. The first kappa shape index (κ1) is 22.9. The van der Waals surface area contributed by atoms with Gasteiger partial charge in [-0.15, -0.1) is 11.8 Å². The monoisotopic (exact) mass is 434 g/mol. The van der Waals surface area contributed by atoms with Gasteiger partial charge in [-0.25, -0.2) is 9.78 Å². The molecule has 0 aliphatic heterocycles. The lowest BCUT2D eigenvalue weighted by atomic mass is 9.91. The molecule has 0 aliphatic carbocycles. The van der Waals surface area contributed by atoms with Crippen LogP contribution in [0.5, 0.6) is 0 Å². The molecule has 0 radical (unpaired) electrons. The summed E-state index contributed by atoms with van der Waals surface area (Å²) >= 11 is 7.18. The minimum Gasteiger partial charge on any atom is -0.454 e. The quantitative estimate of drug-likeness (QED) is 0.388. The molecule has 0 saturated carbocycles. The summed E-state index contributed by atoms with van der Waals surface area (Å²) in [5, 5.41) is 2.40. The molecule has 0 unspecified atom stereocenters. The Balaban J connectivity index is 2.06. The van der Waals surface area contributed by atoms with Gasteiger partial charge in [0.25, 0.3) is 0 Å². The number of nitrogens with zero attached hydrogens (tertiary/aromatic N) is 1. The standard InChI is InChI=1S/C21H23ClN2O4S/c1-13(19(26)24-15-9-7-11-23-18(15)22)29-16-10-6-5-8-14(16)20(27)28-12-17(25)21(2,3)4/h5-11,13H,12H2,1-4H3,(H,24,26)/t13-/m0/s1. The second kappa shape index (κ2) is 9.89. The molecule has 1 aromatic heterocycles. The third kappa shape index (κ3) is 6.58. The lowest BCUT2D eigenvalue weighted by Gasteiger charge is -2.17. The first-order valence-electron chi connectivity index (χ1n) is 8.97. The van der Waals surface area contributed by atoms with Crippen molar-refractivity contribution < 1.29 is 19.1 Å². The highest BCUT2D eigenvalue weighted by Crippen LogP contribution is 2.29. The number of thioether (sulfide) groups is 1. The number of pyridine rings is 1. The van der Waals surface area contributed by atoms with Gasteiger partial charge in [0.15, 0.2) is 17.5 Å². The normalized spacial score (nSPS) is 12.2. The molecule has 1 aromatic carbocycles. The highest BCUT2D eigenvalue weighted by molar-refractivity contribution is 8.00. The first-order chi connectivity index (χ1) is 13.6. The van der Waals surface area contributed by atoms with Crippen LogP contribution in [0, 0.1) is 5.41 Å². The van der Waals surface area contributed by atoms with Crippen molar-refractivity contribution in [2.24, 2.45) is 5.41 Å². The summed E-state index contributed by atoms with van der Waals surface area (Å²) in [6, 6.07) is 10.1. The zero-order chi connectivity index (χ0) is 21.6. The maximum atomic E-state index is 12.5. The molecule has 1 atom stereocenters. The lowest BCUT2D eigenvalue weighted by molar-refractivity contribution is -0.129. The van der Waals surface area contributed by atoms with Crippen LogP contribution in [0.1, 0.15) is 38.1 Å². The summed E-state index contributed by atoms with van der Waals surface area (Å²) in [6.07, 6.45) is 1.53. The Morgan fingerprint density at radius 1 is 1.17 bits per heavy atom. The van der Waals surface area contributed by atoms with Crippen LogP contribution in [-0.2, 0) is 14.3 Å². The number of benzene rings is 1. The van der Waals surface area contributed by atoms with Crippen LogP contribution < -0.4 is 5.32 Å². The van der Waals surface area contributed by atoms with E-state index in [2.05, 4.69) is 10.3 Å². The van der Waals surface area contributed by atoms with Crippen LogP contribution in [0.4, 0.5) is 5.69 Å². The summed E-state index contributed by atoms with van der Waals surface area (Å²) in [7, 11) is 0. The van der Waals surface area contributed by atoms with Crippen molar-refractivity contribution in [1.29, 1.82) is 0 Å². The number of nitrogens with one attached hydrogen (secondary N) is 1. The number of halogens is 1. The van der Waals surface area contributed by atoms with Gasteiger partial charge in [0.1, 0.15) is 0 Å². The third-order valence-corrected chi connectivity index (χ3v) is 5.45. The first-order valence-corrected chi connectivity index (χ1v) is 10.2. The molecular formula is C21H23ClN2O4S. The average Bonchev–Trinajstić information content (AvgIpc) is 2.67. The molecule has 0 fully saturated rings. The highest BCUT2D eigenvalue weighted by atomic mass is 35.5. The van der Waals surface area contributed by atoms with Gasteiger partial charge in [0.2, 0.25) is 5.91 Å². The van der Waals surface area contributed by atoms with Crippen molar-refractivity contribution >= 4 is 46.7 Å². The number of ether oxygens (including phenoxy) is 1. The van der Waals surface area contributed by atoms with Crippen molar-refractivity contribution in [1.82, 2.24) is 4.98 Å². The number of carbonyl (C=O) groups excluding carboxylic acids is 3. The second-order valence-electron chi connectivity index (χ2n) is 7.34. The predicted octanol–water partition coefficient (Wildman–Crippen LogP) is 4.63. The fourth-order valence-corrected chi connectivity index (χ4v) is 3.27. The van der Waals surface area contributed by atoms with Crippen molar-refractivity contribution in [2.45, 2.75) is 37.8 Å². The Morgan fingerprint density at radius 2 is 1.86 bits per heavy atom. The van der Waals surface area contributed by atoms with E-state index in [-0.39, 0.29) is 23.5 Å². The Kier molecular flexibility index (Phi) is 7.81. The number of amides is 1. The van der Waals surface area contributed by atoms with Gasteiger partial charge < -0.3 is 10.1 Å². The van der Waals surface area contributed by atoms with E-state index in [9.17, 15) is 14.4 Å². The summed E-state index contributed by atoms with van der Waals surface area (Å²) in [5.74, 6) is -1.05. The zero-order valence-electron chi connectivity index (χ0n) is 16.7. The van der Waals surface area contributed by atoms with E-state index in [1.807, 2.05) is 0 Å². The van der Waals surface area contributed by atoms with Gasteiger partial charge in [-0.2, -0.15) is 0 Å². The molecule has 8 heteroatoms. The SMILES string of the molecule is C[C@H](Sc1ccccc1C(=O)OCC(=O)C(C)(C)C)C(=O)Nc1cccnc1Cl. The summed E-state index contributed by atoms with van der Waals surface area (Å²) in [4.78, 5) is 41.5. The van der Waals surface area contributed by atoms with Crippen LogP contribution in [-0.4, -0.2) is 34.5 Å². The topological polar surface area (TPSA) is 85.4 Å². The van der Waals surface area contributed by atoms with E-state index in [0.29, 0.717) is 16.1 Å². The van der Waals surface area contributed by atoms with Crippen LogP contribution in [0.2, 0.25) is 5.15 Å². The van der Waals surface area contributed by atoms with E-state index in [0.717, 1.165) is 0 Å². The van der Waals surface area contributed by atoms with Crippen molar-refractivity contribution in [3.8, 4) is 0 Å². The average molecular weight is 435 g/mol. The number of Topliss-reactive ketones (excluding diaryl/α,β-unsaturated/α-hetero) is 1. The lowest BCUT2D eigenvalue weighted by Crippen LogP contribution is -2.26. The predicted molar refractivity (Wildman–Crippen MR) is 114 cm³/mol. The van der Waals surface area contributed by atoms with Gasteiger partial charge >= 0.3 is 5.97 Å². The Labute approximate surface area is 179 Å². The fraction of sp³-hybridized carbons (Fsp3) is 0.333. The Hall–Kier alpha value is -2.38. The molecule has 0 aliphatic rings. The number of rotatable bonds is 7.